The number of carbonyl (C=O) groups excluding carboxylic acids is 2. The second-order valence-corrected chi connectivity index (χ2v) is 12.7. The number of hydrogen-bond acceptors (Lipinski definition) is 4. The lowest BCUT2D eigenvalue weighted by molar-refractivity contribution is -0.140. The van der Waals surface area contributed by atoms with Crippen LogP contribution in [0, 0.1) is 6.92 Å². The molecule has 41 heavy (non-hydrogen) atoms. The standard InChI is InChI=1S/C30H34Cl3N3O4S/c1-4-6-17-34-30(38)28(5-2)35(19-25-26(32)11-8-12-27(25)33)29(37)20-36(23-10-7-9-22(31)18-23)41(39,40)24-15-13-21(3)14-16-24/h7-16,18,28H,4-6,17,19-20H2,1-3H3,(H,34,38)/t28-/m0/s1. The number of nitrogens with one attached hydrogen (secondary N) is 1. The van der Waals surface area contributed by atoms with Crippen molar-refractivity contribution in [1.29, 1.82) is 0 Å². The predicted octanol–water partition coefficient (Wildman–Crippen LogP) is 6.87. The Kier molecular flexibility index (Phi) is 11.9. The SMILES string of the molecule is CCCCNC(=O)[C@H](CC)N(Cc1c(Cl)cccc1Cl)C(=O)CN(c1cccc(Cl)c1)S(=O)(=O)c1ccc(C)cc1. The van der Waals surface area contributed by atoms with Crippen LogP contribution in [0.5, 0.6) is 0 Å². The van der Waals surface area contributed by atoms with Gasteiger partial charge in [-0.3, -0.25) is 13.9 Å². The Morgan fingerprint density at radius 2 is 1.56 bits per heavy atom. The average Bonchev–Trinajstić information content (AvgIpc) is 2.93. The zero-order valence-electron chi connectivity index (χ0n) is 23.2. The van der Waals surface area contributed by atoms with E-state index in [1.807, 2.05) is 13.8 Å². The molecular formula is C30H34Cl3N3O4S. The maximum absolute atomic E-state index is 14.1. The van der Waals surface area contributed by atoms with Gasteiger partial charge in [-0.05, 0) is 62.2 Å². The fraction of sp³-hybridized carbons (Fsp3) is 0.333. The van der Waals surface area contributed by atoms with Gasteiger partial charge in [0, 0.05) is 33.7 Å². The molecule has 0 aliphatic carbocycles. The van der Waals surface area contributed by atoms with Gasteiger partial charge in [0.2, 0.25) is 11.8 Å². The third-order valence-corrected chi connectivity index (χ3v) is 9.32. The predicted molar refractivity (Wildman–Crippen MR) is 166 cm³/mol. The first kappa shape index (κ1) is 32.7. The lowest BCUT2D eigenvalue weighted by Crippen LogP contribution is -2.52. The third kappa shape index (κ3) is 8.38. The molecule has 2 amide bonds. The zero-order chi connectivity index (χ0) is 30.2. The highest BCUT2D eigenvalue weighted by Gasteiger charge is 2.34. The van der Waals surface area contributed by atoms with E-state index in [2.05, 4.69) is 5.32 Å². The second-order valence-electron chi connectivity index (χ2n) is 9.60. The highest BCUT2D eigenvalue weighted by atomic mass is 35.5. The summed E-state index contributed by atoms with van der Waals surface area (Å²) in [5, 5.41) is 3.86. The molecule has 0 heterocycles. The Hall–Kier alpha value is -2.78. The Morgan fingerprint density at radius 1 is 0.927 bits per heavy atom. The van der Waals surface area contributed by atoms with Crippen LogP contribution in [-0.4, -0.2) is 44.3 Å². The number of aryl methyl sites for hydroxylation is 1. The molecule has 0 radical (unpaired) electrons. The summed E-state index contributed by atoms with van der Waals surface area (Å²) in [6.45, 7) is 5.43. The number of nitrogens with zero attached hydrogens (tertiary/aromatic N) is 2. The molecule has 0 aromatic heterocycles. The number of sulfonamides is 1. The molecule has 11 heteroatoms. The van der Waals surface area contributed by atoms with Crippen LogP contribution in [0.2, 0.25) is 15.1 Å². The quantitative estimate of drug-likeness (QED) is 0.207. The minimum absolute atomic E-state index is 0.0147. The molecule has 0 aliphatic heterocycles. The van der Waals surface area contributed by atoms with Gasteiger partial charge in [0.15, 0.2) is 0 Å². The van der Waals surface area contributed by atoms with Gasteiger partial charge in [-0.15, -0.1) is 0 Å². The van der Waals surface area contributed by atoms with Gasteiger partial charge in [-0.25, -0.2) is 8.42 Å². The monoisotopic (exact) mass is 637 g/mol. The van der Waals surface area contributed by atoms with Crippen LogP contribution in [0.15, 0.2) is 71.6 Å². The van der Waals surface area contributed by atoms with Gasteiger partial charge in [0.25, 0.3) is 10.0 Å². The van der Waals surface area contributed by atoms with Crippen LogP contribution < -0.4 is 9.62 Å². The van der Waals surface area contributed by atoms with Crippen molar-refractivity contribution in [2.75, 3.05) is 17.4 Å². The summed E-state index contributed by atoms with van der Waals surface area (Å²) in [7, 11) is -4.20. The van der Waals surface area contributed by atoms with Crippen molar-refractivity contribution in [2.45, 2.75) is 57.5 Å². The molecule has 0 saturated heterocycles. The summed E-state index contributed by atoms with van der Waals surface area (Å²) in [5.41, 5.74) is 1.55. The fourth-order valence-corrected chi connectivity index (χ4v) is 6.38. The van der Waals surface area contributed by atoms with E-state index >= 15 is 0 Å². The number of carbonyl (C=O) groups is 2. The summed E-state index contributed by atoms with van der Waals surface area (Å²) >= 11 is 19.1. The van der Waals surface area contributed by atoms with Crippen LogP contribution >= 0.6 is 34.8 Å². The van der Waals surface area contributed by atoms with Gasteiger partial charge in [0.05, 0.1) is 10.6 Å². The minimum atomic E-state index is -4.20. The summed E-state index contributed by atoms with van der Waals surface area (Å²) in [6.07, 6.45) is 1.96. The molecule has 0 aliphatic rings. The van der Waals surface area contributed by atoms with E-state index in [0.717, 1.165) is 22.7 Å². The number of rotatable bonds is 13. The summed E-state index contributed by atoms with van der Waals surface area (Å²) in [4.78, 5) is 28.8. The number of benzene rings is 3. The Morgan fingerprint density at radius 3 is 2.15 bits per heavy atom. The van der Waals surface area contributed by atoms with Crippen LogP contribution in [-0.2, 0) is 26.2 Å². The van der Waals surface area contributed by atoms with Crippen LogP contribution in [0.3, 0.4) is 0 Å². The molecule has 0 saturated carbocycles. The third-order valence-electron chi connectivity index (χ3n) is 6.59. The molecule has 1 atom stereocenters. The number of anilines is 1. The number of amides is 2. The first-order chi connectivity index (χ1) is 19.5. The van der Waals surface area contributed by atoms with E-state index in [0.29, 0.717) is 27.2 Å². The lowest BCUT2D eigenvalue weighted by Gasteiger charge is -2.33. The number of hydrogen-bond donors (Lipinski definition) is 1. The van der Waals surface area contributed by atoms with Gasteiger partial charge in [-0.2, -0.15) is 0 Å². The minimum Gasteiger partial charge on any atom is -0.354 e. The molecule has 220 valence electrons. The van der Waals surface area contributed by atoms with E-state index in [4.69, 9.17) is 34.8 Å². The summed E-state index contributed by atoms with van der Waals surface area (Å²) < 4.78 is 28.8. The second kappa shape index (κ2) is 14.9. The normalized spacial score (nSPS) is 12.0. The molecule has 3 aromatic carbocycles. The highest BCUT2D eigenvalue weighted by Crippen LogP contribution is 2.29. The molecule has 3 rings (SSSR count). The maximum Gasteiger partial charge on any atom is 0.264 e. The smallest absolute Gasteiger partial charge is 0.264 e. The van der Waals surface area contributed by atoms with E-state index in [-0.39, 0.29) is 29.5 Å². The van der Waals surface area contributed by atoms with Crippen molar-refractivity contribution in [3.05, 3.63) is 92.9 Å². The van der Waals surface area contributed by atoms with Crippen molar-refractivity contribution in [2.24, 2.45) is 0 Å². The zero-order valence-corrected chi connectivity index (χ0v) is 26.3. The van der Waals surface area contributed by atoms with Crippen molar-refractivity contribution in [3.63, 3.8) is 0 Å². The first-order valence-corrected chi connectivity index (χ1v) is 15.9. The lowest BCUT2D eigenvalue weighted by atomic mass is 10.1. The van der Waals surface area contributed by atoms with Gasteiger partial charge < -0.3 is 10.2 Å². The molecule has 3 aromatic rings. The number of unbranched alkanes of at least 4 members (excludes halogenated alkanes) is 1. The van der Waals surface area contributed by atoms with E-state index in [1.54, 1.807) is 55.5 Å². The molecule has 7 nitrogen and oxygen atoms in total. The maximum atomic E-state index is 14.1. The highest BCUT2D eigenvalue weighted by molar-refractivity contribution is 7.92. The van der Waals surface area contributed by atoms with Crippen molar-refractivity contribution >= 4 is 62.3 Å². The van der Waals surface area contributed by atoms with Crippen LogP contribution in [0.1, 0.15) is 44.2 Å². The van der Waals surface area contributed by atoms with E-state index < -0.39 is 28.5 Å². The van der Waals surface area contributed by atoms with Crippen molar-refractivity contribution in [1.82, 2.24) is 10.2 Å². The number of halogens is 3. The van der Waals surface area contributed by atoms with E-state index in [9.17, 15) is 18.0 Å². The molecule has 0 spiro atoms. The molecule has 0 fully saturated rings. The average molecular weight is 639 g/mol. The Bertz CT molecular complexity index is 1450. The van der Waals surface area contributed by atoms with Gasteiger partial charge >= 0.3 is 0 Å². The summed E-state index contributed by atoms with van der Waals surface area (Å²) in [5.74, 6) is -0.942. The van der Waals surface area contributed by atoms with E-state index in [1.165, 1.54) is 23.1 Å². The Balaban J connectivity index is 2.08. The van der Waals surface area contributed by atoms with Crippen molar-refractivity contribution < 1.29 is 18.0 Å². The van der Waals surface area contributed by atoms with Gasteiger partial charge in [-0.1, -0.05) is 84.9 Å². The first-order valence-electron chi connectivity index (χ1n) is 13.3. The van der Waals surface area contributed by atoms with Crippen molar-refractivity contribution in [3.8, 4) is 0 Å². The fourth-order valence-electron chi connectivity index (χ4n) is 4.28. The van der Waals surface area contributed by atoms with Crippen LogP contribution in [0.25, 0.3) is 0 Å². The molecule has 1 N–H and O–H groups in total. The molecule has 0 bridgehead atoms. The molecule has 0 unspecified atom stereocenters. The summed E-state index contributed by atoms with van der Waals surface area (Å²) in [6, 6.07) is 16.7. The molecular weight excluding hydrogens is 605 g/mol. The van der Waals surface area contributed by atoms with Crippen LogP contribution in [0.4, 0.5) is 5.69 Å². The Labute approximate surface area is 257 Å². The van der Waals surface area contributed by atoms with Gasteiger partial charge in [0.1, 0.15) is 12.6 Å². The largest absolute Gasteiger partial charge is 0.354 e. The topological polar surface area (TPSA) is 86.8 Å².